The quantitative estimate of drug-likeness (QED) is 0.388. The molecule has 1 aliphatic heterocycles. The summed E-state index contributed by atoms with van der Waals surface area (Å²) in [5.74, 6) is 2.46. The van der Waals surface area contributed by atoms with Gasteiger partial charge in [0.15, 0.2) is 5.82 Å². The molecule has 0 aliphatic carbocycles. The van der Waals surface area contributed by atoms with Crippen LogP contribution in [-0.4, -0.2) is 63.6 Å². The van der Waals surface area contributed by atoms with Crippen LogP contribution in [0, 0.1) is 0 Å². The molecule has 6 rings (SSSR count). The van der Waals surface area contributed by atoms with Gasteiger partial charge in [0.2, 0.25) is 0 Å². The summed E-state index contributed by atoms with van der Waals surface area (Å²) in [5, 5.41) is 22.1. The Bertz CT molecular complexity index is 1430. The maximum absolute atomic E-state index is 5.34. The average Bonchev–Trinajstić information content (AvgIpc) is 3.51. The monoisotopic (exact) mass is 439 g/mol. The van der Waals surface area contributed by atoms with Gasteiger partial charge in [0, 0.05) is 42.7 Å². The third kappa shape index (κ3) is 3.83. The summed E-state index contributed by atoms with van der Waals surface area (Å²) in [6.45, 7) is 4.88. The van der Waals surface area contributed by atoms with Gasteiger partial charge in [0.05, 0.1) is 24.9 Å². The first-order valence-corrected chi connectivity index (χ1v) is 11.2. The van der Waals surface area contributed by atoms with Crippen molar-refractivity contribution in [1.29, 1.82) is 0 Å². The zero-order valence-electron chi connectivity index (χ0n) is 18.4. The molecule has 0 spiro atoms. The van der Waals surface area contributed by atoms with E-state index in [2.05, 4.69) is 60.9 Å². The second kappa shape index (κ2) is 8.31. The lowest BCUT2D eigenvalue weighted by Gasteiger charge is -2.25. The van der Waals surface area contributed by atoms with Crippen LogP contribution in [0.3, 0.4) is 0 Å². The molecule has 3 N–H and O–H groups in total. The average molecular weight is 440 g/mol. The van der Waals surface area contributed by atoms with Gasteiger partial charge in [-0.1, -0.05) is 18.2 Å². The Kier molecular flexibility index (Phi) is 5.01. The molecule has 5 aromatic rings. The van der Waals surface area contributed by atoms with Crippen LogP contribution in [0.2, 0.25) is 0 Å². The van der Waals surface area contributed by atoms with Gasteiger partial charge in [0.1, 0.15) is 11.6 Å². The van der Waals surface area contributed by atoms with Crippen molar-refractivity contribution in [3.63, 3.8) is 0 Å². The van der Waals surface area contributed by atoms with Crippen LogP contribution < -0.4 is 10.1 Å². The highest BCUT2D eigenvalue weighted by Crippen LogP contribution is 2.32. The molecular weight excluding hydrogens is 414 g/mol. The number of hydrogen-bond donors (Lipinski definition) is 3. The molecule has 0 bridgehead atoms. The number of aromatic nitrogens is 5. The maximum atomic E-state index is 5.34. The predicted molar refractivity (Wildman–Crippen MR) is 129 cm³/mol. The normalized spacial score (nSPS) is 14.8. The molecule has 3 aromatic carbocycles. The lowest BCUT2D eigenvalue weighted by Crippen LogP contribution is -2.43. The van der Waals surface area contributed by atoms with Crippen LogP contribution in [0.15, 0.2) is 54.6 Å². The highest BCUT2D eigenvalue weighted by atomic mass is 16.5. The number of methoxy groups -OCH3 is 1. The van der Waals surface area contributed by atoms with Crippen LogP contribution in [0.25, 0.3) is 44.3 Å². The highest BCUT2D eigenvalue weighted by Gasteiger charge is 2.15. The number of ether oxygens (including phenoxy) is 1. The van der Waals surface area contributed by atoms with Crippen molar-refractivity contribution in [1.82, 2.24) is 35.6 Å². The zero-order chi connectivity index (χ0) is 22.2. The summed E-state index contributed by atoms with van der Waals surface area (Å²) in [6, 6.07) is 18.7. The van der Waals surface area contributed by atoms with Gasteiger partial charge in [-0.05, 0) is 47.2 Å². The van der Waals surface area contributed by atoms with Gasteiger partial charge in [-0.3, -0.25) is 15.1 Å². The summed E-state index contributed by atoms with van der Waals surface area (Å²) >= 11 is 0. The summed E-state index contributed by atoms with van der Waals surface area (Å²) in [7, 11) is 1.69. The number of hydrogen-bond acceptors (Lipinski definition) is 6. The van der Waals surface area contributed by atoms with E-state index in [1.807, 2.05) is 24.3 Å². The van der Waals surface area contributed by atoms with Crippen molar-refractivity contribution in [2.24, 2.45) is 0 Å². The molecule has 1 saturated heterocycles. The molecule has 0 radical (unpaired) electrons. The summed E-state index contributed by atoms with van der Waals surface area (Å²) in [4.78, 5) is 7.14. The number of H-pyrrole nitrogens is 2. The topological polar surface area (TPSA) is 94.8 Å². The second-order valence-corrected chi connectivity index (χ2v) is 8.39. The van der Waals surface area contributed by atoms with Gasteiger partial charge >= 0.3 is 0 Å². The molecule has 0 atom stereocenters. The molecule has 33 heavy (non-hydrogen) atoms. The Morgan fingerprint density at radius 1 is 0.879 bits per heavy atom. The van der Waals surface area contributed by atoms with E-state index >= 15 is 0 Å². The molecule has 0 unspecified atom stereocenters. The minimum absolute atomic E-state index is 0.708. The van der Waals surface area contributed by atoms with E-state index in [9.17, 15) is 0 Å². The smallest absolute Gasteiger partial charge is 0.181 e. The molecule has 2 aromatic heterocycles. The lowest BCUT2D eigenvalue weighted by molar-refractivity contribution is 0.228. The third-order valence-corrected chi connectivity index (χ3v) is 6.26. The first kappa shape index (κ1) is 19.9. The largest absolute Gasteiger partial charge is 0.497 e. The van der Waals surface area contributed by atoms with E-state index in [0.717, 1.165) is 82.8 Å². The predicted octanol–water partition coefficient (Wildman–Crippen LogP) is 3.58. The van der Waals surface area contributed by atoms with E-state index in [1.54, 1.807) is 7.11 Å². The molecule has 8 heteroatoms. The van der Waals surface area contributed by atoms with Crippen LogP contribution in [0.1, 0.15) is 5.82 Å². The Balaban J connectivity index is 1.32. The first-order chi connectivity index (χ1) is 16.3. The van der Waals surface area contributed by atoms with Crippen molar-refractivity contribution in [2.45, 2.75) is 6.54 Å². The van der Waals surface area contributed by atoms with E-state index in [4.69, 9.17) is 9.72 Å². The van der Waals surface area contributed by atoms with E-state index in [1.165, 1.54) is 0 Å². The molecule has 166 valence electrons. The first-order valence-electron chi connectivity index (χ1n) is 11.2. The van der Waals surface area contributed by atoms with Gasteiger partial charge < -0.3 is 10.1 Å². The number of fused-ring (bicyclic) bond motifs is 2. The fraction of sp³-hybridized carbons (Fsp3) is 0.240. The minimum atomic E-state index is 0.708. The summed E-state index contributed by atoms with van der Waals surface area (Å²) in [6.07, 6.45) is 0. The molecule has 0 saturated carbocycles. The third-order valence-electron chi connectivity index (χ3n) is 6.26. The molecule has 0 amide bonds. The number of rotatable bonds is 5. The van der Waals surface area contributed by atoms with Crippen molar-refractivity contribution in [3.05, 3.63) is 60.4 Å². The SMILES string of the molecule is COc1ccc2cc(-c3n[nH]c4ccc(-c5n[nH]c(CN6CCNCC6)n5)cc34)ccc2c1. The van der Waals surface area contributed by atoms with Gasteiger partial charge in [-0.15, -0.1) is 0 Å². The second-order valence-electron chi connectivity index (χ2n) is 8.39. The maximum Gasteiger partial charge on any atom is 0.181 e. The fourth-order valence-corrected chi connectivity index (χ4v) is 4.45. The summed E-state index contributed by atoms with van der Waals surface area (Å²) < 4.78 is 5.34. The van der Waals surface area contributed by atoms with Crippen LogP contribution in [-0.2, 0) is 6.54 Å². The fourth-order valence-electron chi connectivity index (χ4n) is 4.45. The number of aromatic amines is 2. The Morgan fingerprint density at radius 2 is 1.70 bits per heavy atom. The minimum Gasteiger partial charge on any atom is -0.497 e. The molecule has 8 nitrogen and oxygen atoms in total. The molecule has 1 aliphatic rings. The Morgan fingerprint density at radius 3 is 2.58 bits per heavy atom. The van der Waals surface area contributed by atoms with E-state index in [-0.39, 0.29) is 0 Å². The standard InChI is InChI=1S/C25H25N7O/c1-33-20-6-4-16-12-18(3-2-17(16)13-20)24-21-14-19(5-7-22(21)28-30-24)25-27-23(29-31-25)15-32-10-8-26-9-11-32/h2-7,12-14,26H,8-11,15H2,1H3,(H,28,30)(H,27,29,31). The van der Waals surface area contributed by atoms with Gasteiger partial charge in [-0.2, -0.15) is 10.2 Å². The van der Waals surface area contributed by atoms with E-state index < -0.39 is 0 Å². The summed E-state index contributed by atoms with van der Waals surface area (Å²) in [5.41, 5.74) is 3.94. The van der Waals surface area contributed by atoms with Crippen LogP contribution >= 0.6 is 0 Å². The van der Waals surface area contributed by atoms with Crippen molar-refractivity contribution in [3.8, 4) is 28.4 Å². The molecule has 3 heterocycles. The number of piperazine rings is 1. The zero-order valence-corrected chi connectivity index (χ0v) is 18.4. The molecular formula is C25H25N7O. The number of nitrogens with zero attached hydrogens (tertiary/aromatic N) is 4. The van der Waals surface area contributed by atoms with Crippen LogP contribution in [0.4, 0.5) is 0 Å². The number of nitrogens with one attached hydrogen (secondary N) is 3. The molecule has 1 fully saturated rings. The Hall–Kier alpha value is -3.75. The number of benzene rings is 3. The Labute approximate surface area is 191 Å². The van der Waals surface area contributed by atoms with E-state index in [0.29, 0.717) is 5.82 Å². The van der Waals surface area contributed by atoms with Gasteiger partial charge in [0.25, 0.3) is 0 Å². The highest BCUT2D eigenvalue weighted by molar-refractivity contribution is 5.97. The van der Waals surface area contributed by atoms with Crippen molar-refractivity contribution < 1.29 is 4.74 Å². The van der Waals surface area contributed by atoms with Crippen LogP contribution in [0.5, 0.6) is 5.75 Å². The van der Waals surface area contributed by atoms with Crippen molar-refractivity contribution in [2.75, 3.05) is 33.3 Å². The lowest BCUT2D eigenvalue weighted by atomic mass is 10.0. The van der Waals surface area contributed by atoms with Gasteiger partial charge in [-0.25, -0.2) is 4.98 Å². The van der Waals surface area contributed by atoms with Crippen molar-refractivity contribution >= 4 is 21.7 Å².